The molecule has 4 saturated heterocycles. The highest BCUT2D eigenvalue weighted by molar-refractivity contribution is 6.31. The Morgan fingerprint density at radius 1 is 0.301 bits per heavy atom. The Labute approximate surface area is 844 Å². The lowest BCUT2D eigenvalue weighted by Gasteiger charge is -2.35. The van der Waals surface area contributed by atoms with Gasteiger partial charge in [0.1, 0.15) is 80.6 Å². The highest BCUT2D eigenvalue weighted by Crippen LogP contribution is 2.34. The molecule has 8 aromatic carbocycles. The summed E-state index contributed by atoms with van der Waals surface area (Å²) in [6.45, 7) is 18.1. The minimum atomic E-state index is -1.57. The lowest BCUT2D eigenvalue weighted by Crippen LogP contribution is -2.50. The lowest BCUT2D eigenvalue weighted by molar-refractivity contribution is -0.133. The average Bonchev–Trinajstić information content (AvgIpc) is 1.68. The van der Waals surface area contributed by atoms with Gasteiger partial charge in [-0.15, -0.1) is 20.4 Å². The second kappa shape index (κ2) is 46.8. The number of carbonyl (C=O) groups excluding carboxylic acids is 4. The van der Waals surface area contributed by atoms with Crippen molar-refractivity contribution in [3.05, 3.63) is 289 Å². The van der Waals surface area contributed by atoms with Crippen LogP contribution in [0.15, 0.2) is 244 Å². The number of aryl methyl sites for hydroxylation is 2. The van der Waals surface area contributed by atoms with Crippen molar-refractivity contribution in [2.24, 2.45) is 0 Å². The number of halogens is 5. The zero-order valence-electron chi connectivity index (χ0n) is 81.5. The van der Waals surface area contributed by atoms with Crippen molar-refractivity contribution in [2.75, 3.05) is 153 Å². The molecule has 748 valence electrons. The van der Waals surface area contributed by atoms with Crippen molar-refractivity contribution < 1.29 is 55.7 Å². The summed E-state index contributed by atoms with van der Waals surface area (Å²) >= 11 is 5.97. The highest BCUT2D eigenvalue weighted by atomic mass is 35.5. The van der Waals surface area contributed by atoms with Crippen LogP contribution in [0.5, 0.6) is 23.5 Å². The number of hydrogen-bond donors (Lipinski definition) is 0. The van der Waals surface area contributed by atoms with E-state index in [0.717, 1.165) is 68.5 Å². The molecule has 0 N–H and O–H groups in total. The number of nitrogens with zero attached hydrogens (tertiary/aromatic N) is 28. The fourth-order valence-electron chi connectivity index (χ4n) is 17.1. The Morgan fingerprint density at radius 3 is 0.842 bits per heavy atom. The molecule has 0 saturated carbocycles. The molecule has 0 atom stereocenters. The maximum absolute atomic E-state index is 13.8. The number of rotatable bonds is 25. The second-order valence-corrected chi connectivity index (χ2v) is 35.2. The van der Waals surface area contributed by atoms with E-state index in [4.69, 9.17) is 50.7 Å². The smallest absolute Gasteiger partial charge is 0.244 e. The molecule has 0 aliphatic carbocycles. The van der Waals surface area contributed by atoms with E-state index in [9.17, 15) is 36.7 Å². The van der Waals surface area contributed by atoms with Gasteiger partial charge in [-0.25, -0.2) is 96.1 Å². The van der Waals surface area contributed by atoms with Gasteiger partial charge in [0.25, 0.3) is 0 Å². The van der Waals surface area contributed by atoms with E-state index in [-0.39, 0.29) is 66.2 Å². The topological polar surface area (TPSA) is 357 Å². The number of carbonyl (C=O) groups is 4. The van der Waals surface area contributed by atoms with Gasteiger partial charge in [0.15, 0.2) is 64.0 Å². The van der Waals surface area contributed by atoms with Crippen LogP contribution in [0.3, 0.4) is 0 Å². The van der Waals surface area contributed by atoms with Crippen LogP contribution >= 0.6 is 11.6 Å². The Hall–Kier alpha value is -17.1. The van der Waals surface area contributed by atoms with E-state index in [2.05, 4.69) is 133 Å². The van der Waals surface area contributed by atoms with E-state index in [0.29, 0.717) is 192 Å². The van der Waals surface area contributed by atoms with Crippen LogP contribution in [0.1, 0.15) is 36.5 Å². The summed E-state index contributed by atoms with van der Waals surface area (Å²) in [4.78, 5) is 121. The molecule has 0 radical (unpaired) electrons. The van der Waals surface area contributed by atoms with Gasteiger partial charge in [-0.3, -0.25) is 19.2 Å². The first-order valence-corrected chi connectivity index (χ1v) is 47.7. The van der Waals surface area contributed by atoms with Gasteiger partial charge >= 0.3 is 0 Å². The van der Waals surface area contributed by atoms with Crippen LogP contribution in [0.25, 0.3) is 91.1 Å². The monoisotopic (exact) mass is 2000 g/mol. The summed E-state index contributed by atoms with van der Waals surface area (Å²) in [7, 11) is 6.27. The Kier molecular flexibility index (Phi) is 32.2. The standard InChI is InChI=1S/C28H31N7O2.C27H29N7O2.C25H23ClFN7O2.C25H22F3N7O2/c1-20(2)21-9-11-22(12-10-21)27-31-28(23-7-5-4-6-8-23)35(32-27)18-26(36)34-15-13-33(14-16-34)24-17-25(37-3)30-19-29-24;1-19-13-20(2)15-22(14-19)26-30-27(21-7-5-4-6-8-21)34(31-26)17-25(35)33-11-9-32(10-12-33)23-16-24(36-3)29-18-28-23;1-36-22-14-21(28-16-29-22)32-9-11-33(12-10-32)23(35)15-34-25(17-5-3-2-4-6-17)30-24(31-34)18-7-8-20(27)19(26)13-18;1-37-21-13-20(29-15-30-21)33-7-9-34(10-8-33)22(36)14-35-25(16-5-3-2-4-6-16)31-24(32-35)17-11-18(26)23(28)19(27)12-17/h4-12,17,19-20H,13-16,18H2,1-3H3;4-8,13-16,18H,9-12,17H2,1-3H3;2-8,13-14,16H,9-12,15H2,1H3;2-6,11-13,15H,7-10,14H2,1H3. The van der Waals surface area contributed by atoms with Crippen LogP contribution in [0, 0.1) is 37.1 Å². The summed E-state index contributed by atoms with van der Waals surface area (Å²) in [6.07, 6.45) is 5.88. The Balaban J connectivity index is 0.000000133. The van der Waals surface area contributed by atoms with E-state index in [1.54, 1.807) is 87.6 Å². The summed E-state index contributed by atoms with van der Waals surface area (Å²) in [5.41, 5.74) is 9.32. The van der Waals surface area contributed by atoms with Crippen molar-refractivity contribution >= 4 is 58.5 Å². The van der Waals surface area contributed by atoms with Gasteiger partial charge in [0.2, 0.25) is 47.1 Å². The molecule has 16 aromatic rings. The van der Waals surface area contributed by atoms with Crippen molar-refractivity contribution in [3.63, 3.8) is 0 Å². The summed E-state index contributed by atoms with van der Waals surface area (Å²) < 4.78 is 82.0. The van der Waals surface area contributed by atoms with Crippen molar-refractivity contribution in [1.82, 2.24) is 119 Å². The first-order valence-electron chi connectivity index (χ1n) is 47.3. The summed E-state index contributed by atoms with van der Waals surface area (Å²) in [6, 6.07) is 66.0. The average molecular weight is 2000 g/mol. The van der Waals surface area contributed by atoms with Gasteiger partial charge in [0, 0.05) is 173 Å². The predicted octanol–water partition coefficient (Wildman–Crippen LogP) is 14.0. The molecule has 36 nitrogen and oxygen atoms in total. The zero-order chi connectivity index (χ0) is 102. The van der Waals surface area contributed by atoms with Crippen molar-refractivity contribution in [2.45, 2.75) is 59.8 Å². The van der Waals surface area contributed by atoms with E-state index in [1.165, 1.54) is 54.8 Å². The van der Waals surface area contributed by atoms with Gasteiger partial charge in [-0.2, -0.15) is 0 Å². The maximum Gasteiger partial charge on any atom is 0.244 e. The number of hydrogen-bond acceptors (Lipinski definition) is 28. The molecule has 20 rings (SSSR count). The van der Waals surface area contributed by atoms with Gasteiger partial charge < -0.3 is 58.1 Å². The van der Waals surface area contributed by atoms with E-state index >= 15 is 0 Å². The van der Waals surface area contributed by atoms with Crippen molar-refractivity contribution in [3.8, 4) is 115 Å². The Morgan fingerprint density at radius 2 is 0.568 bits per heavy atom. The van der Waals surface area contributed by atoms with Crippen LogP contribution < -0.4 is 38.5 Å². The molecule has 4 aliphatic rings. The van der Waals surface area contributed by atoms with Crippen LogP contribution in [-0.2, 0) is 45.4 Å². The number of aromatic nitrogens is 20. The summed E-state index contributed by atoms with van der Waals surface area (Å²) in [5, 5.41) is 18.4. The first-order chi connectivity index (χ1) is 70.9. The molecular weight excluding hydrogens is 1890 g/mol. The molecule has 0 unspecified atom stereocenters. The third-order valence-electron chi connectivity index (χ3n) is 24.9. The highest BCUT2D eigenvalue weighted by Gasteiger charge is 2.32. The number of ether oxygens (including phenoxy) is 4. The number of methoxy groups -OCH3 is 4. The van der Waals surface area contributed by atoms with Crippen molar-refractivity contribution in [1.29, 1.82) is 0 Å². The molecule has 0 spiro atoms. The number of benzene rings is 8. The normalized spacial score (nSPS) is 13.7. The molecule has 0 bridgehead atoms. The van der Waals surface area contributed by atoms with Gasteiger partial charge in [0.05, 0.1) is 33.5 Å². The molecule has 4 amide bonds. The molecule has 146 heavy (non-hydrogen) atoms. The SMILES string of the molecule is COc1cc(N2CCN(C(=O)Cn3nc(-c4cc(C)cc(C)c4)nc3-c3ccccc3)CC2)ncn1.COc1cc(N2CCN(C(=O)Cn3nc(-c4cc(F)c(F)c(F)c4)nc3-c3ccccc3)CC2)ncn1.COc1cc(N2CCN(C(=O)Cn3nc(-c4ccc(C(C)C)cc4)nc3-c3ccccc3)CC2)ncn1.COc1cc(N2CCN(C(=O)Cn3nc(-c4ccc(F)c(Cl)c4)nc3-c3ccccc3)CC2)ncn1. The molecule has 41 heteroatoms. The van der Waals surface area contributed by atoms with Gasteiger partial charge in [-0.05, 0) is 67.8 Å². The van der Waals surface area contributed by atoms with Crippen LogP contribution in [-0.4, -0.2) is 275 Å². The molecular formula is C105H105ClF4N28O8. The minimum Gasteiger partial charge on any atom is -0.481 e. The number of piperazine rings is 4. The van der Waals surface area contributed by atoms with Crippen LogP contribution in [0.4, 0.5) is 40.8 Å². The summed E-state index contributed by atoms with van der Waals surface area (Å²) in [5.74, 6) is 4.39. The third kappa shape index (κ3) is 24.6. The largest absolute Gasteiger partial charge is 0.481 e. The van der Waals surface area contributed by atoms with E-state index < -0.39 is 23.3 Å². The fraction of sp³-hybridized carbons (Fsp3) is 0.276. The quantitative estimate of drug-likeness (QED) is 0.0379. The first kappa shape index (κ1) is 100. The molecule has 8 aromatic heterocycles. The molecule has 4 fully saturated rings. The lowest BCUT2D eigenvalue weighted by atomic mass is 10.0. The van der Waals surface area contributed by atoms with Gasteiger partial charge in [-0.1, -0.05) is 188 Å². The molecule has 12 heterocycles. The Bertz CT molecular complexity index is 7170. The van der Waals surface area contributed by atoms with Crippen LogP contribution in [0.2, 0.25) is 5.02 Å². The molecule has 4 aliphatic heterocycles. The number of anilines is 4. The zero-order valence-corrected chi connectivity index (χ0v) is 82.2. The fourth-order valence-corrected chi connectivity index (χ4v) is 17.2. The third-order valence-corrected chi connectivity index (χ3v) is 25.2. The number of amides is 4. The second-order valence-electron chi connectivity index (χ2n) is 34.8. The maximum atomic E-state index is 13.8. The van der Waals surface area contributed by atoms with E-state index in [1.807, 2.05) is 136 Å². The predicted molar refractivity (Wildman–Crippen MR) is 541 cm³/mol. The minimum absolute atomic E-state index is 0.0136.